The first kappa shape index (κ1) is 15.0. The lowest BCUT2D eigenvalue weighted by Crippen LogP contribution is -2.23. The Morgan fingerprint density at radius 2 is 0.950 bits per heavy atom. The van der Waals surface area contributed by atoms with Crippen molar-refractivity contribution in [3.8, 4) is 0 Å². The van der Waals surface area contributed by atoms with Gasteiger partial charge in [-0.25, -0.2) is 0 Å². The van der Waals surface area contributed by atoms with E-state index in [0.717, 1.165) is 23.7 Å². The molecular formula is C18H28P2. The van der Waals surface area contributed by atoms with Crippen molar-refractivity contribution in [2.24, 2.45) is 23.7 Å². The summed E-state index contributed by atoms with van der Waals surface area (Å²) < 4.78 is 0. The fourth-order valence-electron chi connectivity index (χ4n) is 3.65. The molecule has 2 aliphatic heterocycles. The van der Waals surface area contributed by atoms with Gasteiger partial charge in [-0.1, -0.05) is 67.8 Å². The van der Waals surface area contributed by atoms with Gasteiger partial charge in [-0.05, 0) is 58.9 Å². The third-order valence-electron chi connectivity index (χ3n) is 5.54. The zero-order chi connectivity index (χ0) is 14.3. The average molecular weight is 306 g/mol. The highest BCUT2D eigenvalue weighted by molar-refractivity contribution is 7.72. The van der Waals surface area contributed by atoms with Crippen LogP contribution in [0.2, 0.25) is 0 Å². The summed E-state index contributed by atoms with van der Waals surface area (Å²) in [5.41, 5.74) is 0. The van der Waals surface area contributed by atoms with Gasteiger partial charge in [-0.2, -0.15) is 0 Å². The van der Waals surface area contributed by atoms with Crippen LogP contribution < -0.4 is 10.6 Å². The maximum Gasteiger partial charge on any atom is -0.0164 e. The highest BCUT2D eigenvalue weighted by Gasteiger charge is 2.34. The van der Waals surface area contributed by atoms with E-state index in [-0.39, 0.29) is 15.8 Å². The second-order valence-electron chi connectivity index (χ2n) is 7.21. The smallest absolute Gasteiger partial charge is 0.0164 e. The van der Waals surface area contributed by atoms with Crippen molar-refractivity contribution in [3.05, 3.63) is 24.3 Å². The fraction of sp³-hybridized carbons (Fsp3) is 0.667. The second-order valence-corrected chi connectivity index (χ2v) is 11.8. The van der Waals surface area contributed by atoms with E-state index in [1.165, 1.54) is 24.6 Å². The molecule has 0 bridgehead atoms. The van der Waals surface area contributed by atoms with Gasteiger partial charge in [-0.15, -0.1) is 0 Å². The molecule has 0 aromatic heterocycles. The molecule has 0 unspecified atom stereocenters. The van der Waals surface area contributed by atoms with E-state index in [1.807, 2.05) is 0 Å². The van der Waals surface area contributed by atoms with Gasteiger partial charge in [0.1, 0.15) is 0 Å². The van der Waals surface area contributed by atoms with Crippen LogP contribution in [0.25, 0.3) is 0 Å². The van der Waals surface area contributed by atoms with E-state index in [4.69, 9.17) is 0 Å². The molecule has 1 aromatic carbocycles. The van der Waals surface area contributed by atoms with Crippen LogP contribution in [0.3, 0.4) is 0 Å². The molecule has 0 nitrogen and oxygen atoms in total. The van der Waals surface area contributed by atoms with Gasteiger partial charge in [0.15, 0.2) is 0 Å². The molecule has 2 saturated heterocycles. The van der Waals surface area contributed by atoms with Crippen LogP contribution >= 0.6 is 15.8 Å². The largest absolute Gasteiger partial charge is 0.0741 e. The molecule has 0 amide bonds. The van der Waals surface area contributed by atoms with E-state index < -0.39 is 0 Å². The molecule has 0 aliphatic carbocycles. The Hall–Kier alpha value is 0.0800. The Morgan fingerprint density at radius 1 is 0.650 bits per heavy atom. The molecule has 0 saturated carbocycles. The van der Waals surface area contributed by atoms with E-state index in [1.54, 1.807) is 10.6 Å². The molecule has 1 aromatic rings. The van der Waals surface area contributed by atoms with Crippen LogP contribution in [0.4, 0.5) is 0 Å². The quantitative estimate of drug-likeness (QED) is 0.707. The van der Waals surface area contributed by atoms with Gasteiger partial charge in [0.05, 0.1) is 0 Å². The molecule has 0 radical (unpaired) electrons. The highest BCUT2D eigenvalue weighted by Crippen LogP contribution is 2.52. The van der Waals surface area contributed by atoms with Crippen molar-refractivity contribution in [2.75, 3.05) is 24.6 Å². The molecular weight excluding hydrogens is 278 g/mol. The molecule has 20 heavy (non-hydrogen) atoms. The fourth-order valence-corrected chi connectivity index (χ4v) is 11.2. The third-order valence-corrected chi connectivity index (χ3v) is 11.9. The number of benzene rings is 1. The topological polar surface area (TPSA) is 0 Å². The first-order chi connectivity index (χ1) is 9.56. The van der Waals surface area contributed by atoms with Crippen LogP contribution in [0.1, 0.15) is 27.7 Å². The lowest BCUT2D eigenvalue weighted by Gasteiger charge is -2.21. The van der Waals surface area contributed by atoms with Crippen molar-refractivity contribution >= 4 is 26.5 Å². The molecule has 110 valence electrons. The highest BCUT2D eigenvalue weighted by atomic mass is 31.1. The lowest BCUT2D eigenvalue weighted by atomic mass is 10.0. The second kappa shape index (κ2) is 6.06. The molecule has 2 heterocycles. The Morgan fingerprint density at radius 3 is 1.25 bits per heavy atom. The summed E-state index contributed by atoms with van der Waals surface area (Å²) in [6.07, 6.45) is 5.90. The third kappa shape index (κ3) is 2.84. The zero-order valence-corrected chi connectivity index (χ0v) is 15.1. The van der Waals surface area contributed by atoms with Crippen LogP contribution in [-0.4, -0.2) is 24.6 Å². The lowest BCUT2D eigenvalue weighted by molar-refractivity contribution is 0.494. The number of rotatable bonds is 2. The number of hydrogen-bond donors (Lipinski definition) is 0. The van der Waals surface area contributed by atoms with E-state index in [9.17, 15) is 0 Å². The summed E-state index contributed by atoms with van der Waals surface area (Å²) in [5, 5.41) is 3.57. The summed E-state index contributed by atoms with van der Waals surface area (Å²) >= 11 is 0. The van der Waals surface area contributed by atoms with Gasteiger partial charge in [0.2, 0.25) is 0 Å². The van der Waals surface area contributed by atoms with Crippen molar-refractivity contribution in [3.63, 3.8) is 0 Å². The summed E-state index contributed by atoms with van der Waals surface area (Å²) in [5.74, 6) is 3.73. The Kier molecular flexibility index (Phi) is 4.54. The molecule has 0 N–H and O–H groups in total. The van der Waals surface area contributed by atoms with E-state index >= 15 is 0 Å². The minimum absolute atomic E-state index is 0.132. The Labute approximate surface area is 127 Å². The molecule has 2 heteroatoms. The summed E-state index contributed by atoms with van der Waals surface area (Å²) in [7, 11) is 0.264. The molecule has 2 fully saturated rings. The zero-order valence-electron chi connectivity index (χ0n) is 13.3. The van der Waals surface area contributed by atoms with Crippen LogP contribution in [-0.2, 0) is 0 Å². The standard InChI is InChI=1S/C18H28P2/c1-13-9-19(10-14(13)2)17-7-5-6-8-18(17)20-11-15(3)16(4)12-20/h5-8,13-16H,9-12H2,1-4H3/t13-,14-,15-,16-/m0/s1. The van der Waals surface area contributed by atoms with Crippen molar-refractivity contribution in [1.29, 1.82) is 0 Å². The van der Waals surface area contributed by atoms with Crippen LogP contribution in [0, 0.1) is 23.7 Å². The van der Waals surface area contributed by atoms with Gasteiger partial charge >= 0.3 is 0 Å². The number of hydrogen-bond acceptors (Lipinski definition) is 0. The minimum atomic E-state index is 0.132. The van der Waals surface area contributed by atoms with E-state index in [2.05, 4.69) is 52.0 Å². The van der Waals surface area contributed by atoms with Crippen LogP contribution in [0.15, 0.2) is 24.3 Å². The molecule has 4 atom stereocenters. The van der Waals surface area contributed by atoms with Crippen molar-refractivity contribution in [1.82, 2.24) is 0 Å². The maximum absolute atomic E-state index is 2.47. The average Bonchev–Trinajstić information content (AvgIpc) is 2.94. The van der Waals surface area contributed by atoms with Gasteiger partial charge < -0.3 is 0 Å². The van der Waals surface area contributed by atoms with E-state index in [0.29, 0.717) is 0 Å². The minimum Gasteiger partial charge on any atom is -0.0741 e. The van der Waals surface area contributed by atoms with Crippen LogP contribution in [0.5, 0.6) is 0 Å². The Balaban J connectivity index is 1.86. The maximum atomic E-state index is 2.47. The van der Waals surface area contributed by atoms with Gasteiger partial charge in [0, 0.05) is 0 Å². The first-order valence-corrected chi connectivity index (χ1v) is 11.6. The summed E-state index contributed by atoms with van der Waals surface area (Å²) in [4.78, 5) is 0. The SMILES string of the molecule is C[C@H]1CP(c2ccccc2P2C[C@H](C)[C@@H](C)C2)C[C@@H]1C. The molecule has 0 spiro atoms. The molecule has 2 aliphatic rings. The predicted molar refractivity (Wildman–Crippen MR) is 95.7 cm³/mol. The Bertz CT molecular complexity index is 407. The summed E-state index contributed by atoms with van der Waals surface area (Å²) in [6, 6.07) is 9.52. The normalized spacial score (nSPS) is 35.8. The first-order valence-electron chi connectivity index (χ1n) is 8.15. The molecule has 3 rings (SSSR count). The van der Waals surface area contributed by atoms with Gasteiger partial charge in [-0.3, -0.25) is 0 Å². The summed E-state index contributed by atoms with van der Waals surface area (Å²) in [6.45, 7) is 9.84. The predicted octanol–water partition coefficient (Wildman–Crippen LogP) is 4.47. The van der Waals surface area contributed by atoms with Gasteiger partial charge in [0.25, 0.3) is 0 Å². The monoisotopic (exact) mass is 306 g/mol. The van der Waals surface area contributed by atoms with Crippen molar-refractivity contribution < 1.29 is 0 Å². The van der Waals surface area contributed by atoms with Crippen molar-refractivity contribution in [2.45, 2.75) is 27.7 Å².